The molecule has 1 aromatic carbocycles. The number of aromatic nitrogens is 3. The fourth-order valence-electron chi connectivity index (χ4n) is 4.04. The summed E-state index contributed by atoms with van der Waals surface area (Å²) in [5.41, 5.74) is -2.55. The smallest absolute Gasteiger partial charge is 0.337 e. The molecule has 0 saturated carbocycles. The van der Waals surface area contributed by atoms with Crippen LogP contribution in [-0.4, -0.2) is 52.0 Å². The summed E-state index contributed by atoms with van der Waals surface area (Å²) in [5.74, 6) is -0.849. The molecule has 1 amide bonds. The molecular weight excluding hydrogens is 414 g/mol. The first-order chi connectivity index (χ1) is 13.4. The Morgan fingerprint density at radius 2 is 1.72 bits per heavy atom. The van der Waals surface area contributed by atoms with E-state index >= 15 is 0 Å². The van der Waals surface area contributed by atoms with Gasteiger partial charge in [0.15, 0.2) is 11.4 Å². The normalized spacial score (nSPS) is 22.0. The first-order valence-corrected chi connectivity index (χ1v) is 9.14. The van der Waals surface area contributed by atoms with Gasteiger partial charge in [0.05, 0.1) is 0 Å². The van der Waals surface area contributed by atoms with Gasteiger partial charge in [0, 0.05) is 13.1 Å². The van der Waals surface area contributed by atoms with E-state index < -0.39 is 35.0 Å². The van der Waals surface area contributed by atoms with Gasteiger partial charge in [0.25, 0.3) is 5.91 Å². The monoisotopic (exact) mass is 433 g/mol. The fourth-order valence-corrected chi connectivity index (χ4v) is 4.04. The molecule has 2 atom stereocenters. The molecule has 29 heavy (non-hydrogen) atoms. The number of likely N-dealkylation sites (tertiary alicyclic amines) is 1. The van der Waals surface area contributed by atoms with Gasteiger partial charge in [-0.25, -0.2) is 9.07 Å². The van der Waals surface area contributed by atoms with Crippen LogP contribution in [0.15, 0.2) is 24.3 Å². The summed E-state index contributed by atoms with van der Waals surface area (Å²) in [7, 11) is 0. The number of halogens is 5. The summed E-state index contributed by atoms with van der Waals surface area (Å²) < 4.78 is 55.7. The van der Waals surface area contributed by atoms with Gasteiger partial charge in [-0.3, -0.25) is 4.79 Å². The van der Waals surface area contributed by atoms with Crippen LogP contribution >= 0.6 is 12.4 Å². The molecule has 4 rings (SSSR count). The van der Waals surface area contributed by atoms with E-state index in [0.29, 0.717) is 29.6 Å². The van der Waals surface area contributed by atoms with E-state index in [9.17, 15) is 22.4 Å². The third kappa shape index (κ3) is 4.09. The van der Waals surface area contributed by atoms with Crippen molar-refractivity contribution in [1.29, 1.82) is 0 Å². The van der Waals surface area contributed by atoms with Crippen LogP contribution in [0.1, 0.15) is 29.0 Å². The highest BCUT2D eigenvalue weighted by atomic mass is 35.5. The van der Waals surface area contributed by atoms with Crippen LogP contribution in [0.3, 0.4) is 0 Å². The lowest BCUT2D eigenvalue weighted by Gasteiger charge is -2.20. The molecule has 2 aliphatic heterocycles. The lowest BCUT2D eigenvalue weighted by atomic mass is 9.92. The maximum Gasteiger partial charge on any atom is 0.435 e. The highest BCUT2D eigenvalue weighted by Crippen LogP contribution is 2.34. The third-order valence-corrected chi connectivity index (χ3v) is 5.53. The molecule has 11 heteroatoms. The number of nitrogens with zero attached hydrogens (tertiary/aromatic N) is 4. The Labute approximate surface area is 170 Å². The van der Waals surface area contributed by atoms with Crippen LogP contribution in [0.25, 0.3) is 5.69 Å². The number of fused-ring (bicyclic) bond motifs is 1. The van der Waals surface area contributed by atoms with Gasteiger partial charge >= 0.3 is 6.18 Å². The van der Waals surface area contributed by atoms with Gasteiger partial charge in [0.2, 0.25) is 0 Å². The lowest BCUT2D eigenvalue weighted by molar-refractivity contribution is -0.143. The van der Waals surface area contributed by atoms with Crippen molar-refractivity contribution in [2.45, 2.75) is 19.0 Å². The molecule has 0 unspecified atom stereocenters. The van der Waals surface area contributed by atoms with Crippen LogP contribution in [0.5, 0.6) is 0 Å². The summed E-state index contributed by atoms with van der Waals surface area (Å²) in [6.07, 6.45) is -3.46. The van der Waals surface area contributed by atoms with Gasteiger partial charge in [-0.2, -0.15) is 13.2 Å². The molecular formula is C18H20ClF4N5O. The Morgan fingerprint density at radius 3 is 2.31 bits per heavy atom. The molecule has 2 aliphatic rings. The number of carbonyl (C=O) groups excluding carboxylic acids is 1. The molecule has 0 spiro atoms. The number of rotatable bonds is 2. The average Bonchev–Trinajstić information content (AvgIpc) is 3.24. The Hall–Kier alpha value is -2.20. The Balaban J connectivity index is 0.00000240. The van der Waals surface area contributed by atoms with Crippen molar-refractivity contribution in [2.75, 3.05) is 26.2 Å². The summed E-state index contributed by atoms with van der Waals surface area (Å²) in [4.78, 5) is 14.3. The average molecular weight is 434 g/mol. The zero-order valence-corrected chi connectivity index (χ0v) is 16.1. The van der Waals surface area contributed by atoms with E-state index in [1.54, 1.807) is 0 Å². The topological polar surface area (TPSA) is 63.1 Å². The van der Waals surface area contributed by atoms with Crippen LogP contribution in [-0.2, 0) is 6.18 Å². The predicted molar refractivity (Wildman–Crippen MR) is 98.6 cm³/mol. The van der Waals surface area contributed by atoms with E-state index in [2.05, 4.69) is 15.6 Å². The Kier molecular flexibility index (Phi) is 6.13. The Bertz CT molecular complexity index is 873. The fraction of sp³-hybridized carbons (Fsp3) is 0.500. The molecule has 158 valence electrons. The first-order valence-electron chi connectivity index (χ1n) is 9.14. The second kappa shape index (κ2) is 8.27. The van der Waals surface area contributed by atoms with Gasteiger partial charge in [-0.15, -0.1) is 17.5 Å². The zero-order chi connectivity index (χ0) is 19.9. The van der Waals surface area contributed by atoms with Crippen LogP contribution in [0, 0.1) is 17.7 Å². The van der Waals surface area contributed by atoms with Gasteiger partial charge < -0.3 is 10.2 Å². The number of hydrogen-bond donors (Lipinski definition) is 1. The largest absolute Gasteiger partial charge is 0.435 e. The highest BCUT2D eigenvalue weighted by Gasteiger charge is 2.43. The second-order valence-electron chi connectivity index (χ2n) is 7.20. The van der Waals surface area contributed by atoms with Crippen molar-refractivity contribution < 1.29 is 22.4 Å². The molecule has 2 aromatic rings. The predicted octanol–water partition coefficient (Wildman–Crippen LogP) is 2.92. The SMILES string of the molecule is Cl.O=C(c1nnn(-c2ccccc2F)c1C(F)(F)F)N1CC[C@@H]2CNC[C@@H]2CC1. The number of nitrogens with one attached hydrogen (secondary N) is 1. The number of carbonyl (C=O) groups is 1. The molecule has 0 aliphatic carbocycles. The lowest BCUT2D eigenvalue weighted by Crippen LogP contribution is -2.34. The number of alkyl halides is 3. The number of para-hydroxylation sites is 1. The molecule has 1 aromatic heterocycles. The summed E-state index contributed by atoms with van der Waals surface area (Å²) in [6.45, 7) is 2.46. The minimum absolute atomic E-state index is 0. The molecule has 2 saturated heterocycles. The van der Waals surface area contributed by atoms with Crippen molar-refractivity contribution in [1.82, 2.24) is 25.2 Å². The molecule has 0 bridgehead atoms. The molecule has 2 fully saturated rings. The van der Waals surface area contributed by atoms with E-state index in [1.165, 1.54) is 17.0 Å². The van der Waals surface area contributed by atoms with E-state index in [1.807, 2.05) is 0 Å². The zero-order valence-electron chi connectivity index (χ0n) is 15.3. The van der Waals surface area contributed by atoms with Crippen molar-refractivity contribution >= 4 is 18.3 Å². The van der Waals surface area contributed by atoms with E-state index in [4.69, 9.17) is 0 Å². The maximum atomic E-state index is 14.0. The van der Waals surface area contributed by atoms with Crippen LogP contribution < -0.4 is 5.32 Å². The molecule has 3 heterocycles. The van der Waals surface area contributed by atoms with Crippen molar-refractivity contribution in [3.05, 3.63) is 41.5 Å². The van der Waals surface area contributed by atoms with E-state index in [-0.39, 0.29) is 12.4 Å². The Morgan fingerprint density at radius 1 is 1.10 bits per heavy atom. The summed E-state index contributed by atoms with van der Waals surface area (Å²) >= 11 is 0. The molecule has 1 N–H and O–H groups in total. The second-order valence-corrected chi connectivity index (χ2v) is 7.20. The minimum atomic E-state index is -4.91. The number of hydrogen-bond acceptors (Lipinski definition) is 4. The highest BCUT2D eigenvalue weighted by molar-refractivity contribution is 5.93. The third-order valence-electron chi connectivity index (χ3n) is 5.53. The first kappa shape index (κ1) is 21.5. The number of benzene rings is 1. The summed E-state index contributed by atoms with van der Waals surface area (Å²) in [6, 6.07) is 4.94. The van der Waals surface area contributed by atoms with Crippen molar-refractivity contribution in [3.8, 4) is 5.69 Å². The van der Waals surface area contributed by atoms with Crippen molar-refractivity contribution in [3.63, 3.8) is 0 Å². The van der Waals surface area contributed by atoms with Crippen molar-refractivity contribution in [2.24, 2.45) is 11.8 Å². The number of amides is 1. The van der Waals surface area contributed by atoms with Gasteiger partial charge in [-0.05, 0) is 49.9 Å². The molecule has 6 nitrogen and oxygen atoms in total. The standard InChI is InChI=1S/C18H19F4N5O.ClH/c19-13-3-1-2-4-14(13)27-16(18(20,21)22)15(24-25-27)17(28)26-7-5-11-9-23-10-12(11)6-8-26;/h1-4,11-12,23H,5-10H2;1H/t11-,12+;. The minimum Gasteiger partial charge on any atom is -0.337 e. The van der Waals surface area contributed by atoms with Gasteiger partial charge in [-0.1, -0.05) is 17.3 Å². The van der Waals surface area contributed by atoms with E-state index in [0.717, 1.165) is 38.1 Å². The van der Waals surface area contributed by atoms with Gasteiger partial charge in [0.1, 0.15) is 11.5 Å². The van der Waals surface area contributed by atoms with Crippen LogP contribution in [0.4, 0.5) is 17.6 Å². The maximum absolute atomic E-state index is 14.0. The quantitative estimate of drug-likeness (QED) is 0.740. The van der Waals surface area contributed by atoms with Crippen LogP contribution in [0.2, 0.25) is 0 Å². The summed E-state index contributed by atoms with van der Waals surface area (Å²) in [5, 5.41) is 10.3. The molecule has 0 radical (unpaired) electrons.